The summed E-state index contributed by atoms with van der Waals surface area (Å²) < 4.78 is 5.18. The summed E-state index contributed by atoms with van der Waals surface area (Å²) in [6.45, 7) is 6.79. The van der Waals surface area contributed by atoms with Crippen LogP contribution in [0.15, 0.2) is 24.3 Å². The van der Waals surface area contributed by atoms with Crippen molar-refractivity contribution in [2.24, 2.45) is 0 Å². The maximum Gasteiger partial charge on any atom is 0.118 e. The van der Waals surface area contributed by atoms with E-state index in [1.54, 1.807) is 7.11 Å². The lowest BCUT2D eigenvalue weighted by Crippen LogP contribution is -2.46. The van der Waals surface area contributed by atoms with E-state index < -0.39 is 0 Å². The van der Waals surface area contributed by atoms with Gasteiger partial charge in [0.1, 0.15) is 5.75 Å². The summed E-state index contributed by atoms with van der Waals surface area (Å²) in [4.78, 5) is 5.02. The van der Waals surface area contributed by atoms with Crippen LogP contribution in [-0.2, 0) is 6.54 Å². The maximum absolute atomic E-state index is 5.73. The van der Waals surface area contributed by atoms with Gasteiger partial charge in [-0.3, -0.25) is 4.90 Å². The molecule has 0 aromatic heterocycles. The number of ether oxygens (including phenoxy) is 1. The van der Waals surface area contributed by atoms with Gasteiger partial charge in [-0.2, -0.15) is 0 Å². The Hall–Kier alpha value is -0.770. The van der Waals surface area contributed by atoms with E-state index in [2.05, 4.69) is 21.9 Å². The fourth-order valence-electron chi connectivity index (χ4n) is 2.44. The normalized spacial score (nSPS) is 17.6. The predicted molar refractivity (Wildman–Crippen MR) is 80.0 cm³/mol. The average molecular weight is 283 g/mol. The van der Waals surface area contributed by atoms with Crippen LogP contribution in [-0.4, -0.2) is 55.5 Å². The Morgan fingerprint density at radius 3 is 2.26 bits per heavy atom. The van der Waals surface area contributed by atoms with Crippen LogP contribution in [0.4, 0.5) is 0 Å². The molecule has 4 heteroatoms. The highest BCUT2D eigenvalue weighted by Gasteiger charge is 2.16. The molecule has 3 nitrogen and oxygen atoms in total. The SMILES string of the molecule is COc1ccc(CN2CCN(CCCCl)CC2)cc1. The summed E-state index contributed by atoms with van der Waals surface area (Å²) in [6.07, 6.45) is 1.10. The van der Waals surface area contributed by atoms with E-state index in [0.717, 1.165) is 57.3 Å². The molecule has 0 atom stereocenters. The molecule has 1 aliphatic heterocycles. The van der Waals surface area contributed by atoms with Gasteiger partial charge in [0.15, 0.2) is 0 Å². The van der Waals surface area contributed by atoms with E-state index in [0.29, 0.717) is 0 Å². The van der Waals surface area contributed by atoms with Crippen LogP contribution in [0.25, 0.3) is 0 Å². The highest BCUT2D eigenvalue weighted by molar-refractivity contribution is 6.17. The zero-order valence-corrected chi connectivity index (χ0v) is 12.4. The first-order chi connectivity index (χ1) is 9.31. The highest BCUT2D eigenvalue weighted by Crippen LogP contribution is 2.14. The van der Waals surface area contributed by atoms with Crippen molar-refractivity contribution in [3.05, 3.63) is 29.8 Å². The molecule has 0 amide bonds. The second-order valence-corrected chi connectivity index (χ2v) is 5.39. The molecule has 0 saturated carbocycles. The number of hydrogen-bond acceptors (Lipinski definition) is 3. The predicted octanol–water partition coefficient (Wildman–Crippen LogP) is 2.44. The summed E-state index contributed by atoms with van der Waals surface area (Å²) in [7, 11) is 1.70. The summed E-state index contributed by atoms with van der Waals surface area (Å²) in [6, 6.07) is 8.37. The fourth-order valence-corrected chi connectivity index (χ4v) is 2.56. The molecule has 0 unspecified atom stereocenters. The Morgan fingerprint density at radius 2 is 1.68 bits per heavy atom. The van der Waals surface area contributed by atoms with Gasteiger partial charge < -0.3 is 9.64 Å². The highest BCUT2D eigenvalue weighted by atomic mass is 35.5. The molecule has 106 valence electrons. The second-order valence-electron chi connectivity index (χ2n) is 5.01. The van der Waals surface area contributed by atoms with Crippen molar-refractivity contribution in [2.45, 2.75) is 13.0 Å². The standard InChI is InChI=1S/C15H23ClN2O/c1-19-15-5-3-14(4-6-15)13-18-11-9-17(10-12-18)8-2-7-16/h3-6H,2,7-13H2,1H3. The van der Waals surface area contributed by atoms with Crippen LogP contribution >= 0.6 is 11.6 Å². The number of piperazine rings is 1. The van der Waals surface area contributed by atoms with Crippen LogP contribution < -0.4 is 4.74 Å². The monoisotopic (exact) mass is 282 g/mol. The first-order valence-electron chi connectivity index (χ1n) is 6.95. The molecular formula is C15H23ClN2O. The van der Waals surface area contributed by atoms with Gasteiger partial charge in [-0.1, -0.05) is 12.1 Å². The van der Waals surface area contributed by atoms with Gasteiger partial charge in [0, 0.05) is 38.6 Å². The van der Waals surface area contributed by atoms with E-state index in [4.69, 9.17) is 16.3 Å². The lowest BCUT2D eigenvalue weighted by molar-refractivity contribution is 0.127. The molecule has 2 rings (SSSR count). The Bertz CT molecular complexity index is 361. The van der Waals surface area contributed by atoms with E-state index in [-0.39, 0.29) is 0 Å². The van der Waals surface area contributed by atoms with Crippen LogP contribution in [0.3, 0.4) is 0 Å². The van der Waals surface area contributed by atoms with Gasteiger partial charge >= 0.3 is 0 Å². The lowest BCUT2D eigenvalue weighted by atomic mass is 10.2. The number of nitrogens with zero attached hydrogens (tertiary/aromatic N) is 2. The largest absolute Gasteiger partial charge is 0.497 e. The second kappa shape index (κ2) is 7.73. The number of rotatable bonds is 6. The number of benzene rings is 1. The summed E-state index contributed by atoms with van der Waals surface area (Å²) >= 11 is 5.73. The fraction of sp³-hybridized carbons (Fsp3) is 0.600. The zero-order valence-electron chi connectivity index (χ0n) is 11.6. The molecule has 1 fully saturated rings. The molecule has 1 aromatic carbocycles. The van der Waals surface area contributed by atoms with Gasteiger partial charge in [-0.25, -0.2) is 0 Å². The van der Waals surface area contributed by atoms with E-state index in [9.17, 15) is 0 Å². The van der Waals surface area contributed by atoms with Crippen molar-refractivity contribution in [3.63, 3.8) is 0 Å². The van der Waals surface area contributed by atoms with Crippen molar-refractivity contribution < 1.29 is 4.74 Å². The third kappa shape index (κ3) is 4.68. The molecule has 0 spiro atoms. The Balaban J connectivity index is 1.75. The number of halogens is 1. The van der Waals surface area contributed by atoms with Crippen molar-refractivity contribution in [1.29, 1.82) is 0 Å². The molecule has 1 aliphatic rings. The molecule has 1 saturated heterocycles. The minimum absolute atomic E-state index is 0.770. The van der Waals surface area contributed by atoms with Crippen molar-refractivity contribution in [2.75, 3.05) is 45.7 Å². The first-order valence-corrected chi connectivity index (χ1v) is 7.49. The zero-order chi connectivity index (χ0) is 13.5. The quantitative estimate of drug-likeness (QED) is 0.746. The molecule has 19 heavy (non-hydrogen) atoms. The van der Waals surface area contributed by atoms with Crippen molar-refractivity contribution in [1.82, 2.24) is 9.80 Å². The van der Waals surface area contributed by atoms with Crippen LogP contribution in [0.1, 0.15) is 12.0 Å². The Morgan fingerprint density at radius 1 is 1.05 bits per heavy atom. The third-order valence-electron chi connectivity index (χ3n) is 3.64. The summed E-state index contributed by atoms with van der Waals surface area (Å²) in [5, 5.41) is 0. The molecule has 0 aliphatic carbocycles. The van der Waals surface area contributed by atoms with Gasteiger partial charge in [0.2, 0.25) is 0 Å². The average Bonchev–Trinajstić information content (AvgIpc) is 2.47. The van der Waals surface area contributed by atoms with E-state index in [1.165, 1.54) is 5.56 Å². The smallest absolute Gasteiger partial charge is 0.118 e. The van der Waals surface area contributed by atoms with Crippen LogP contribution in [0, 0.1) is 0 Å². The van der Waals surface area contributed by atoms with Gasteiger partial charge in [0.25, 0.3) is 0 Å². The Labute approximate surface area is 121 Å². The lowest BCUT2D eigenvalue weighted by Gasteiger charge is -2.34. The Kier molecular flexibility index (Phi) is 5.95. The first kappa shape index (κ1) is 14.6. The molecule has 1 aromatic rings. The molecule has 1 heterocycles. The van der Waals surface area contributed by atoms with Crippen LogP contribution in [0.2, 0.25) is 0 Å². The number of methoxy groups -OCH3 is 1. The van der Waals surface area contributed by atoms with E-state index in [1.807, 2.05) is 12.1 Å². The van der Waals surface area contributed by atoms with Gasteiger partial charge in [0.05, 0.1) is 7.11 Å². The van der Waals surface area contributed by atoms with E-state index >= 15 is 0 Å². The van der Waals surface area contributed by atoms with Crippen molar-refractivity contribution >= 4 is 11.6 Å². The number of hydrogen-bond donors (Lipinski definition) is 0. The molecule has 0 N–H and O–H groups in total. The number of alkyl halides is 1. The molecule has 0 radical (unpaired) electrons. The van der Waals surface area contributed by atoms with Gasteiger partial charge in [-0.05, 0) is 30.7 Å². The van der Waals surface area contributed by atoms with Crippen molar-refractivity contribution in [3.8, 4) is 5.75 Å². The van der Waals surface area contributed by atoms with Gasteiger partial charge in [-0.15, -0.1) is 11.6 Å². The molecular weight excluding hydrogens is 260 g/mol. The minimum Gasteiger partial charge on any atom is -0.497 e. The molecule has 0 bridgehead atoms. The summed E-state index contributed by atoms with van der Waals surface area (Å²) in [5.74, 6) is 1.70. The summed E-state index contributed by atoms with van der Waals surface area (Å²) in [5.41, 5.74) is 1.36. The third-order valence-corrected chi connectivity index (χ3v) is 3.91. The maximum atomic E-state index is 5.73. The topological polar surface area (TPSA) is 15.7 Å². The van der Waals surface area contributed by atoms with Crippen LogP contribution in [0.5, 0.6) is 5.75 Å². The minimum atomic E-state index is 0.770.